The minimum absolute atomic E-state index is 0. The third-order valence-corrected chi connectivity index (χ3v) is 19.4. The van der Waals surface area contributed by atoms with Gasteiger partial charge in [0.2, 0.25) is 11.4 Å². The Morgan fingerprint density at radius 3 is 0.667 bits per heavy atom. The zero-order valence-electron chi connectivity index (χ0n) is 61.8. The number of unbranched alkanes of at least 4 members (excludes halogenated alkanes) is 53. The van der Waals surface area contributed by atoms with Gasteiger partial charge in [0.25, 0.3) is 0 Å². The summed E-state index contributed by atoms with van der Waals surface area (Å²) < 4.78 is 1.63. The van der Waals surface area contributed by atoms with Crippen molar-refractivity contribution in [3.63, 3.8) is 0 Å². The Hall–Kier alpha value is -1.99. The second-order valence-corrected chi connectivity index (χ2v) is 28.1. The van der Waals surface area contributed by atoms with Gasteiger partial charge in [-0.3, -0.25) is 0 Å². The Balaban J connectivity index is 0.00000827. The molecule has 0 unspecified atom stereocenters. The number of nitrogens with zero attached hydrogens (tertiary/aromatic N) is 2. The fourth-order valence-electron chi connectivity index (χ4n) is 13.4. The summed E-state index contributed by atoms with van der Waals surface area (Å²) in [5.74, 6) is 0. The van der Waals surface area contributed by atoms with E-state index in [-0.39, 0.29) is 16.5 Å². The third kappa shape index (κ3) is 50.4. The van der Waals surface area contributed by atoms with Crippen molar-refractivity contribution >= 4 is 11.4 Å². The van der Waals surface area contributed by atoms with Crippen LogP contribution in [0.4, 0.5) is 0 Å². The summed E-state index contributed by atoms with van der Waals surface area (Å²) >= 11 is 0. The van der Waals surface area contributed by atoms with Crippen LogP contribution in [0.3, 0.4) is 0 Å². The van der Waals surface area contributed by atoms with Crippen LogP contribution in [-0.4, -0.2) is 4.70 Å². The summed E-state index contributed by atoms with van der Waals surface area (Å²) in [7, 11) is 0. The Labute approximate surface area is 576 Å². The second kappa shape index (κ2) is 69.8. The topological polar surface area (TPSA) is 25.3 Å². The molecule has 90 heavy (non-hydrogen) atoms. The summed E-state index contributed by atoms with van der Waals surface area (Å²) in [5, 5.41) is 0. The predicted octanol–water partition coefficient (Wildman–Crippen LogP) is 31.5. The van der Waals surface area contributed by atoms with Crippen molar-refractivity contribution in [2.75, 3.05) is 0 Å². The fraction of sp³-hybridized carbons (Fsp3) is 0.793. The smallest absolute Gasteiger partial charge is 0.493 e. The van der Waals surface area contributed by atoms with Gasteiger partial charge in [0.15, 0.2) is 0 Å². The van der Waals surface area contributed by atoms with Crippen LogP contribution in [0.2, 0.25) is 0 Å². The van der Waals surface area contributed by atoms with E-state index in [0.29, 0.717) is 0 Å². The molecule has 0 spiro atoms. The summed E-state index contributed by atoms with van der Waals surface area (Å²) in [6, 6.07) is 18.5. The van der Waals surface area contributed by atoms with Gasteiger partial charge in [-0.1, -0.05) is 406 Å². The van der Waals surface area contributed by atoms with Crippen LogP contribution in [0.25, 0.3) is 16.9 Å². The van der Waals surface area contributed by atoms with Crippen LogP contribution in [0.5, 0.6) is 0 Å². The predicted molar refractivity (Wildman–Crippen MR) is 404 cm³/mol. The normalized spacial score (nSPS) is 12.2. The van der Waals surface area contributed by atoms with Gasteiger partial charge in [-0.05, 0) is 86.8 Å². The minimum atomic E-state index is 0. The maximum atomic E-state index is 12.4. The molecular formula is C87H156N2Ni. The van der Waals surface area contributed by atoms with Gasteiger partial charge in [0.1, 0.15) is 0 Å². The van der Waals surface area contributed by atoms with Crippen LogP contribution in [-0.2, 0) is 29.3 Å². The molecule has 0 fully saturated rings. The summed E-state index contributed by atoms with van der Waals surface area (Å²) in [4.78, 5) is 0. The van der Waals surface area contributed by atoms with Crippen molar-refractivity contribution in [2.24, 2.45) is 0 Å². The molecule has 2 nitrogen and oxygen atoms in total. The van der Waals surface area contributed by atoms with Gasteiger partial charge in [-0.25, -0.2) is 4.70 Å². The van der Waals surface area contributed by atoms with E-state index in [4.69, 9.17) is 0 Å². The SMILES string of the molecule is CCCCCCCCCCCCCCCCCCCCCCCCCCCc1cccc(C2=C(CCCC)C(CCCCC)=C(c3cccc(CCCCCCCCCCCCCCCCCCCCCCCCCCC)c3)[N+]2=[N-])c1.[CH2-]CCC.[CH2-]CCC.[Ni+2]. The molecule has 2 aromatic carbocycles. The summed E-state index contributed by atoms with van der Waals surface area (Å²) in [6.07, 6.45) is 86.5. The zero-order valence-corrected chi connectivity index (χ0v) is 62.8. The van der Waals surface area contributed by atoms with E-state index in [0.717, 1.165) is 62.8 Å². The molecule has 0 amide bonds. The van der Waals surface area contributed by atoms with Crippen LogP contribution in [0, 0.1) is 13.8 Å². The fourth-order valence-corrected chi connectivity index (χ4v) is 13.4. The van der Waals surface area contributed by atoms with E-state index in [1.54, 1.807) is 4.70 Å². The number of rotatable bonds is 63. The quantitative estimate of drug-likeness (QED) is 0.0273. The summed E-state index contributed by atoms with van der Waals surface area (Å²) in [6.45, 7) is 20.7. The van der Waals surface area contributed by atoms with E-state index in [1.807, 2.05) is 0 Å². The first-order chi connectivity index (χ1) is 44.0. The summed E-state index contributed by atoms with van der Waals surface area (Å²) in [5.41, 5.74) is 22.5. The standard InChI is InChI=1S/C79H138N2.2C4H9.Ni/c1-5-9-13-15-17-19-21-23-25-27-29-31-33-35-37-39-41-43-45-47-49-51-53-55-58-62-72-64-60-66-74(70-72)78-76(68-12-8-4)77(69-57-11-7-3)79(81(78)80)75-67-61-65-73(71-75)63-59-56-54-52-50-48-46-44-42-40-38-36-34-32-30-28-26-24-22-20-18-16-14-10-6-2;2*1-3-4-2;/h60-61,64-67,70-71H,5-59,62-63,68-69H2,1-4H3;2*1,3-4H2,2H3;/q;2*-1;+2. The number of benzene rings is 2. The van der Waals surface area contributed by atoms with Crippen molar-refractivity contribution in [1.29, 1.82) is 0 Å². The molecular weight excluding hydrogens is 1130 g/mol. The molecule has 2 aromatic rings. The van der Waals surface area contributed by atoms with Gasteiger partial charge in [-0.2, -0.15) is 12.8 Å². The molecule has 0 saturated heterocycles. The van der Waals surface area contributed by atoms with E-state index in [1.165, 1.54) is 387 Å². The molecule has 524 valence electrons. The average molecular weight is 1290 g/mol. The molecule has 0 bridgehead atoms. The van der Waals surface area contributed by atoms with E-state index in [2.05, 4.69) is 104 Å². The van der Waals surface area contributed by atoms with Gasteiger partial charge < -0.3 is 19.4 Å². The van der Waals surface area contributed by atoms with Crippen LogP contribution in [0.1, 0.15) is 455 Å². The largest absolute Gasteiger partial charge is 2.00 e. The van der Waals surface area contributed by atoms with Crippen molar-refractivity contribution in [1.82, 2.24) is 0 Å². The Morgan fingerprint density at radius 2 is 0.444 bits per heavy atom. The first-order valence-corrected chi connectivity index (χ1v) is 40.7. The van der Waals surface area contributed by atoms with Crippen molar-refractivity contribution in [2.45, 2.75) is 446 Å². The molecule has 0 atom stereocenters. The first-order valence-electron chi connectivity index (χ1n) is 40.7. The molecule has 0 aromatic heterocycles. The van der Waals surface area contributed by atoms with Crippen molar-refractivity contribution in [3.05, 3.63) is 101 Å². The molecule has 0 N–H and O–H groups in total. The van der Waals surface area contributed by atoms with Gasteiger partial charge in [0.05, 0.1) is 0 Å². The van der Waals surface area contributed by atoms with Gasteiger partial charge >= 0.3 is 16.5 Å². The van der Waals surface area contributed by atoms with Crippen LogP contribution < -0.4 is 0 Å². The van der Waals surface area contributed by atoms with E-state index < -0.39 is 0 Å². The number of hydrogen-bond donors (Lipinski definition) is 0. The van der Waals surface area contributed by atoms with Gasteiger partial charge in [-0.15, -0.1) is 0 Å². The van der Waals surface area contributed by atoms with Gasteiger partial charge in [0, 0.05) is 22.3 Å². The Kier molecular flexibility index (Phi) is 68.3. The Bertz CT molecular complexity index is 1860. The minimum Gasteiger partial charge on any atom is -0.493 e. The zero-order chi connectivity index (χ0) is 64.4. The second-order valence-electron chi connectivity index (χ2n) is 28.1. The maximum Gasteiger partial charge on any atom is 2.00 e. The molecule has 3 heteroatoms. The molecule has 0 radical (unpaired) electrons. The molecule has 1 aliphatic rings. The van der Waals surface area contributed by atoms with Crippen molar-refractivity contribution < 1.29 is 21.2 Å². The monoisotopic (exact) mass is 1290 g/mol. The van der Waals surface area contributed by atoms with E-state index >= 15 is 0 Å². The number of aryl methyl sites for hydroxylation is 2. The molecule has 1 heterocycles. The number of allylic oxidation sites excluding steroid dienone is 2. The number of hydrogen-bond acceptors (Lipinski definition) is 0. The maximum absolute atomic E-state index is 12.4. The Morgan fingerprint density at radius 1 is 0.256 bits per heavy atom. The average Bonchev–Trinajstić information content (AvgIpc) is 1.64. The van der Waals surface area contributed by atoms with Crippen LogP contribution >= 0.6 is 0 Å². The molecule has 1 aliphatic heterocycles. The van der Waals surface area contributed by atoms with Crippen LogP contribution in [0.15, 0.2) is 59.7 Å². The molecule has 3 rings (SSSR count). The first kappa shape index (κ1) is 88.0. The van der Waals surface area contributed by atoms with E-state index in [9.17, 15) is 5.53 Å². The molecule has 0 saturated carbocycles. The van der Waals surface area contributed by atoms with Crippen molar-refractivity contribution in [3.8, 4) is 0 Å². The third-order valence-electron chi connectivity index (χ3n) is 19.4. The molecule has 0 aliphatic carbocycles.